The number of rotatable bonds is 13. The van der Waals surface area contributed by atoms with E-state index in [1.165, 1.54) is 4.57 Å². The van der Waals surface area contributed by atoms with E-state index in [1.807, 2.05) is 58.1 Å². The molecule has 44 heavy (non-hydrogen) atoms. The van der Waals surface area contributed by atoms with Gasteiger partial charge in [-0.1, -0.05) is 32.1 Å². The third-order valence-corrected chi connectivity index (χ3v) is 9.04. The van der Waals surface area contributed by atoms with Crippen molar-refractivity contribution >= 4 is 11.5 Å². The standard InChI is InChI=1S/C34H49N5O5/c1-7-13-24(8-2)21-38-28-30(36-29(38)26-14-11-16-35-31(26)44-22-25-20-34(25,5)6)39(23(3)4)33(41)37(32(28)40)17-12-19-43-27-15-9-10-18-42-27/h7-8,11,13-14,16,23,25,27,29,36H,9-10,12,15,17-22H2,1-6H3/b13-7-,24-8+/t25-,27?,29?/m0/s1. The average molecular weight is 608 g/mol. The fourth-order valence-corrected chi connectivity index (χ4v) is 6.18. The summed E-state index contributed by atoms with van der Waals surface area (Å²) in [6.45, 7) is 14.8. The Morgan fingerprint density at radius 3 is 2.70 bits per heavy atom. The van der Waals surface area contributed by atoms with Crippen LogP contribution in [0.5, 0.6) is 5.88 Å². The smallest absolute Gasteiger partial charge is 0.332 e. The number of aromatic nitrogens is 3. The molecule has 2 aromatic rings. The van der Waals surface area contributed by atoms with E-state index in [9.17, 15) is 9.59 Å². The molecule has 10 heteroatoms. The second-order valence-corrected chi connectivity index (χ2v) is 13.1. The number of allylic oxidation sites excluding steroid dienone is 2. The minimum Gasteiger partial charge on any atom is -0.477 e. The fraction of sp³-hybridized carbons (Fsp3) is 0.618. The predicted molar refractivity (Wildman–Crippen MR) is 173 cm³/mol. The van der Waals surface area contributed by atoms with E-state index < -0.39 is 6.17 Å². The molecule has 3 atom stereocenters. The molecule has 0 aromatic carbocycles. The Hall–Kier alpha value is -3.37. The van der Waals surface area contributed by atoms with Crippen LogP contribution in [0.25, 0.3) is 0 Å². The molecule has 1 saturated heterocycles. The van der Waals surface area contributed by atoms with Crippen LogP contribution in [0.15, 0.2) is 51.7 Å². The zero-order chi connectivity index (χ0) is 31.4. The highest BCUT2D eigenvalue weighted by Crippen LogP contribution is 2.51. The molecule has 0 amide bonds. The lowest BCUT2D eigenvalue weighted by atomic mass is 10.1. The molecule has 0 radical (unpaired) electrons. The van der Waals surface area contributed by atoms with E-state index in [-0.39, 0.29) is 35.5 Å². The number of nitrogens with zero attached hydrogens (tertiary/aromatic N) is 4. The number of anilines is 2. The minimum atomic E-state index is -0.458. The monoisotopic (exact) mass is 607 g/mol. The van der Waals surface area contributed by atoms with Gasteiger partial charge in [-0.05, 0) is 88.8 Å². The molecule has 2 aromatic heterocycles. The predicted octanol–water partition coefficient (Wildman–Crippen LogP) is 5.80. The molecular formula is C34H49N5O5. The van der Waals surface area contributed by atoms with Gasteiger partial charge in [0.05, 0.1) is 18.8 Å². The lowest BCUT2D eigenvalue weighted by Gasteiger charge is -2.28. The van der Waals surface area contributed by atoms with Crippen LogP contribution < -0.4 is 26.2 Å². The maximum absolute atomic E-state index is 14.3. The van der Waals surface area contributed by atoms with E-state index in [0.29, 0.717) is 56.1 Å². The topological polar surface area (TPSA) is 99.9 Å². The van der Waals surface area contributed by atoms with Gasteiger partial charge in [0, 0.05) is 31.9 Å². The summed E-state index contributed by atoms with van der Waals surface area (Å²) in [7, 11) is 0. The van der Waals surface area contributed by atoms with Crippen LogP contribution in [0, 0.1) is 11.3 Å². The van der Waals surface area contributed by atoms with E-state index >= 15 is 0 Å². The van der Waals surface area contributed by atoms with Gasteiger partial charge < -0.3 is 24.4 Å². The lowest BCUT2D eigenvalue weighted by molar-refractivity contribution is -0.163. The Morgan fingerprint density at radius 2 is 2.05 bits per heavy atom. The summed E-state index contributed by atoms with van der Waals surface area (Å²) in [5.74, 6) is 1.55. The molecule has 0 bridgehead atoms. The Kier molecular flexibility index (Phi) is 10.00. The van der Waals surface area contributed by atoms with E-state index in [1.54, 1.807) is 10.8 Å². The van der Waals surface area contributed by atoms with Crippen LogP contribution in [0.2, 0.25) is 0 Å². The molecule has 1 aliphatic carbocycles. The first-order valence-corrected chi connectivity index (χ1v) is 16.2. The van der Waals surface area contributed by atoms with Crippen molar-refractivity contribution < 1.29 is 14.2 Å². The van der Waals surface area contributed by atoms with Crippen molar-refractivity contribution in [3.63, 3.8) is 0 Å². The first kappa shape index (κ1) is 32.0. The summed E-state index contributed by atoms with van der Waals surface area (Å²) in [5.41, 5.74) is 1.99. The Labute approximate surface area is 260 Å². The normalized spacial score (nSPS) is 22.8. The molecule has 2 unspecified atom stereocenters. The summed E-state index contributed by atoms with van der Waals surface area (Å²) in [4.78, 5) is 34.8. The van der Waals surface area contributed by atoms with E-state index in [4.69, 9.17) is 14.2 Å². The van der Waals surface area contributed by atoms with Gasteiger partial charge in [0.1, 0.15) is 17.7 Å². The highest BCUT2D eigenvalue weighted by molar-refractivity contribution is 5.74. The van der Waals surface area contributed by atoms with Gasteiger partial charge in [-0.15, -0.1) is 0 Å². The zero-order valence-electron chi connectivity index (χ0n) is 27.2. The SMILES string of the molecule is C/C=C\C(=C/C)CN1c2c(n(C(C)C)c(=O)n(CCCOC3CCCCO3)c2=O)NC1c1cccnc1OC[C@@H]1CC1(C)C. The molecule has 0 spiro atoms. The highest BCUT2D eigenvalue weighted by atomic mass is 16.7. The first-order valence-electron chi connectivity index (χ1n) is 16.2. The number of hydrogen-bond acceptors (Lipinski definition) is 8. The number of ether oxygens (including phenoxy) is 3. The van der Waals surface area contributed by atoms with Gasteiger partial charge in [0.2, 0.25) is 5.88 Å². The van der Waals surface area contributed by atoms with Crippen molar-refractivity contribution in [3.05, 3.63) is 68.5 Å². The summed E-state index contributed by atoms with van der Waals surface area (Å²) < 4.78 is 21.0. The lowest BCUT2D eigenvalue weighted by Crippen LogP contribution is -2.43. The van der Waals surface area contributed by atoms with Crippen LogP contribution in [0.1, 0.15) is 91.4 Å². The molecule has 1 N–H and O–H groups in total. The first-order chi connectivity index (χ1) is 21.2. The van der Waals surface area contributed by atoms with Crippen molar-refractivity contribution in [1.29, 1.82) is 0 Å². The molecule has 10 nitrogen and oxygen atoms in total. The summed E-state index contributed by atoms with van der Waals surface area (Å²) in [6.07, 6.45) is 11.8. The van der Waals surface area contributed by atoms with Gasteiger partial charge in [-0.3, -0.25) is 13.9 Å². The third-order valence-electron chi connectivity index (χ3n) is 9.04. The number of hydrogen-bond donors (Lipinski definition) is 1. The summed E-state index contributed by atoms with van der Waals surface area (Å²) in [6, 6.07) is 3.70. The van der Waals surface area contributed by atoms with Crippen LogP contribution in [-0.4, -0.2) is 46.8 Å². The second-order valence-electron chi connectivity index (χ2n) is 13.1. The molecule has 240 valence electrons. The van der Waals surface area contributed by atoms with Crippen molar-refractivity contribution in [2.24, 2.45) is 11.3 Å². The van der Waals surface area contributed by atoms with Crippen molar-refractivity contribution in [1.82, 2.24) is 14.1 Å². The average Bonchev–Trinajstić information content (AvgIpc) is 3.46. The van der Waals surface area contributed by atoms with Crippen molar-refractivity contribution in [2.75, 3.05) is 36.6 Å². The third kappa shape index (κ3) is 6.81. The van der Waals surface area contributed by atoms with Gasteiger partial charge in [0.25, 0.3) is 5.56 Å². The van der Waals surface area contributed by atoms with Gasteiger partial charge in [-0.2, -0.15) is 0 Å². The van der Waals surface area contributed by atoms with Crippen LogP contribution in [-0.2, 0) is 16.0 Å². The van der Waals surface area contributed by atoms with Crippen LogP contribution in [0.4, 0.5) is 11.5 Å². The molecule has 4 heterocycles. The molecule has 5 rings (SSSR count). The van der Waals surface area contributed by atoms with Gasteiger partial charge in [0.15, 0.2) is 6.29 Å². The van der Waals surface area contributed by atoms with Crippen molar-refractivity contribution in [3.8, 4) is 5.88 Å². The second kappa shape index (κ2) is 13.7. The molecule has 3 aliphatic rings. The number of pyridine rings is 1. The molecule has 1 saturated carbocycles. The summed E-state index contributed by atoms with van der Waals surface area (Å²) >= 11 is 0. The van der Waals surface area contributed by atoms with Gasteiger partial charge >= 0.3 is 5.69 Å². The Bertz CT molecular complexity index is 1480. The van der Waals surface area contributed by atoms with E-state index in [0.717, 1.165) is 36.8 Å². The fourth-order valence-electron chi connectivity index (χ4n) is 6.18. The highest BCUT2D eigenvalue weighted by Gasteiger charge is 2.46. The Balaban J connectivity index is 1.50. The largest absolute Gasteiger partial charge is 0.477 e. The molecule has 2 fully saturated rings. The quantitative estimate of drug-likeness (QED) is 0.225. The number of fused-ring (bicyclic) bond motifs is 1. The van der Waals surface area contributed by atoms with Crippen LogP contribution in [0.3, 0.4) is 0 Å². The minimum absolute atomic E-state index is 0.179. The Morgan fingerprint density at radius 1 is 1.25 bits per heavy atom. The van der Waals surface area contributed by atoms with Crippen molar-refractivity contribution in [2.45, 2.75) is 98.7 Å². The van der Waals surface area contributed by atoms with Crippen LogP contribution >= 0.6 is 0 Å². The maximum atomic E-state index is 14.3. The molecular weight excluding hydrogens is 558 g/mol. The van der Waals surface area contributed by atoms with Gasteiger partial charge in [-0.25, -0.2) is 9.78 Å². The molecule has 2 aliphatic heterocycles. The summed E-state index contributed by atoms with van der Waals surface area (Å²) in [5, 5.41) is 3.56. The number of nitrogens with one attached hydrogen (secondary N) is 1. The zero-order valence-corrected chi connectivity index (χ0v) is 27.2. The maximum Gasteiger partial charge on any atom is 0.332 e. The van der Waals surface area contributed by atoms with E-state index in [2.05, 4.69) is 29.0 Å².